The number of anilines is 2. The van der Waals surface area contributed by atoms with Crippen molar-refractivity contribution in [2.45, 2.75) is 25.5 Å². The van der Waals surface area contributed by atoms with E-state index in [9.17, 15) is 10.1 Å². The van der Waals surface area contributed by atoms with Crippen molar-refractivity contribution < 1.29 is 14.3 Å². The second kappa shape index (κ2) is 11.4. The first-order valence-electron chi connectivity index (χ1n) is 11.4. The highest BCUT2D eigenvalue weighted by molar-refractivity contribution is 6.04. The highest BCUT2D eigenvalue weighted by atomic mass is 16.5. The smallest absolute Gasteiger partial charge is 0.248 e. The zero-order chi connectivity index (χ0) is 24.6. The fraction of sp³-hybridized carbons (Fsp3) is 0.269. The quantitative estimate of drug-likeness (QED) is 0.211. The monoisotopic (exact) mass is 472 g/mol. The Labute approximate surface area is 203 Å². The minimum Gasteiger partial charge on any atom is -0.486 e. The number of rotatable bonds is 9. The van der Waals surface area contributed by atoms with Crippen LogP contribution in [-0.2, 0) is 9.53 Å². The Kier molecular flexibility index (Phi) is 7.90. The van der Waals surface area contributed by atoms with Crippen LogP contribution in [0.3, 0.4) is 0 Å². The molecule has 4 rings (SSSR count). The molecule has 1 aliphatic heterocycles. The Bertz CT molecular complexity index is 1250. The molecule has 0 aliphatic carbocycles. The molecule has 35 heavy (non-hydrogen) atoms. The van der Waals surface area contributed by atoms with Crippen LogP contribution in [0, 0.1) is 11.3 Å². The van der Waals surface area contributed by atoms with Crippen LogP contribution < -0.4 is 26.6 Å². The summed E-state index contributed by atoms with van der Waals surface area (Å²) in [7, 11) is 0. The summed E-state index contributed by atoms with van der Waals surface area (Å²) in [6.07, 6.45) is 5.20. The van der Waals surface area contributed by atoms with E-state index >= 15 is 0 Å². The highest BCUT2D eigenvalue weighted by Gasteiger charge is 2.21. The van der Waals surface area contributed by atoms with Gasteiger partial charge in [0.25, 0.3) is 0 Å². The number of fused-ring (bicyclic) bond motifs is 1. The molecule has 0 saturated carbocycles. The molecule has 1 aliphatic rings. The molecule has 9 heteroatoms. The Morgan fingerprint density at radius 3 is 2.91 bits per heavy atom. The molecule has 0 spiro atoms. The fourth-order valence-corrected chi connectivity index (χ4v) is 3.89. The Morgan fingerprint density at radius 1 is 1.37 bits per heavy atom. The summed E-state index contributed by atoms with van der Waals surface area (Å²) in [6, 6.07) is 15.7. The number of benzene rings is 2. The van der Waals surface area contributed by atoms with Crippen LogP contribution in [0.25, 0.3) is 10.9 Å². The first kappa shape index (κ1) is 24.2. The van der Waals surface area contributed by atoms with Crippen LogP contribution in [0.4, 0.5) is 11.4 Å². The second-order valence-corrected chi connectivity index (χ2v) is 8.20. The maximum atomic E-state index is 12.6. The number of ether oxygens (including phenoxy) is 2. The van der Waals surface area contributed by atoms with Gasteiger partial charge >= 0.3 is 0 Å². The van der Waals surface area contributed by atoms with E-state index < -0.39 is 0 Å². The van der Waals surface area contributed by atoms with Gasteiger partial charge in [-0.2, -0.15) is 5.26 Å². The topological polar surface area (TPSA) is 134 Å². The number of nitriles is 1. The summed E-state index contributed by atoms with van der Waals surface area (Å²) in [6.45, 7) is 3.49. The van der Waals surface area contributed by atoms with Crippen molar-refractivity contribution in [1.82, 2.24) is 10.4 Å². The molecular formula is C26H28N6O3. The number of nitrogens with one attached hydrogen (secondary N) is 3. The number of hydrazine groups is 1. The molecule has 3 aromatic rings. The third-order valence-corrected chi connectivity index (χ3v) is 5.69. The molecule has 2 aromatic carbocycles. The predicted octanol–water partition coefficient (Wildman–Crippen LogP) is 3.41. The Balaban J connectivity index is 1.75. The maximum absolute atomic E-state index is 12.6. The average molecular weight is 473 g/mol. The predicted molar refractivity (Wildman–Crippen MR) is 135 cm³/mol. The lowest BCUT2D eigenvalue weighted by Gasteiger charge is -2.20. The number of hydrogen-bond donors (Lipinski definition) is 4. The van der Waals surface area contributed by atoms with Gasteiger partial charge in [0.2, 0.25) is 5.91 Å². The first-order chi connectivity index (χ1) is 17.1. The van der Waals surface area contributed by atoms with E-state index in [2.05, 4.69) is 27.1 Å². The third-order valence-electron chi connectivity index (χ3n) is 5.69. The standard InChI is InChI=1S/C26H28N6O3/c1-17(18-6-3-2-4-7-18)31-26-19(14-27)15-29-22-13-24(35-20-9-11-34-16-20)23(12-21(22)26)32-25(33)8-5-10-30-28/h2-8,12-13,15,17,20,30H,9-11,16,28H2,1H3,(H,29,31)(H,32,33)/b8-5+/t17-,20?/m1/s1. The summed E-state index contributed by atoms with van der Waals surface area (Å²) in [5.41, 5.74) is 5.72. The van der Waals surface area contributed by atoms with E-state index in [0.717, 1.165) is 12.0 Å². The zero-order valence-electron chi connectivity index (χ0n) is 19.5. The van der Waals surface area contributed by atoms with Gasteiger partial charge in [0.05, 0.1) is 35.7 Å². The van der Waals surface area contributed by atoms with Gasteiger partial charge in [-0.25, -0.2) is 0 Å². The van der Waals surface area contributed by atoms with Gasteiger partial charge in [0.1, 0.15) is 17.9 Å². The molecule has 1 saturated heterocycles. The fourth-order valence-electron chi connectivity index (χ4n) is 3.89. The van der Waals surface area contributed by atoms with Crippen molar-refractivity contribution >= 4 is 28.2 Å². The lowest BCUT2D eigenvalue weighted by molar-refractivity contribution is -0.111. The molecular weight excluding hydrogens is 444 g/mol. The van der Waals surface area contributed by atoms with Crippen molar-refractivity contribution in [3.05, 3.63) is 71.9 Å². The molecule has 0 radical (unpaired) electrons. The SMILES string of the molecule is C[C@@H](Nc1c(C#N)cnc2cc(OC3CCOC3)c(NC(=O)/C=C/CNN)cc12)c1ccccc1. The van der Waals surface area contributed by atoms with Gasteiger partial charge in [0.15, 0.2) is 0 Å². The van der Waals surface area contributed by atoms with Crippen LogP contribution in [0.15, 0.2) is 60.8 Å². The molecule has 2 atom stereocenters. The summed E-state index contributed by atoms with van der Waals surface area (Å²) in [5, 5.41) is 16.8. The second-order valence-electron chi connectivity index (χ2n) is 8.20. The normalized spacial score (nSPS) is 16.2. The van der Waals surface area contributed by atoms with Gasteiger partial charge in [-0.05, 0) is 18.6 Å². The van der Waals surface area contributed by atoms with Crippen molar-refractivity contribution in [3.63, 3.8) is 0 Å². The number of carbonyl (C=O) groups excluding carboxylic acids is 1. The van der Waals surface area contributed by atoms with Crippen molar-refractivity contribution in [3.8, 4) is 11.8 Å². The number of pyridine rings is 1. The lowest BCUT2D eigenvalue weighted by Crippen LogP contribution is -2.22. The van der Waals surface area contributed by atoms with Gasteiger partial charge in [-0.3, -0.25) is 21.0 Å². The van der Waals surface area contributed by atoms with E-state index in [1.165, 1.54) is 6.08 Å². The number of hydrogen-bond acceptors (Lipinski definition) is 8. The number of nitrogens with zero attached hydrogens (tertiary/aromatic N) is 2. The zero-order valence-corrected chi connectivity index (χ0v) is 19.5. The average Bonchev–Trinajstić information content (AvgIpc) is 3.38. The molecule has 1 unspecified atom stereocenters. The summed E-state index contributed by atoms with van der Waals surface area (Å²) in [5.74, 6) is 5.43. The van der Waals surface area contributed by atoms with Crippen molar-refractivity contribution in [2.75, 3.05) is 30.4 Å². The summed E-state index contributed by atoms with van der Waals surface area (Å²) in [4.78, 5) is 17.0. The van der Waals surface area contributed by atoms with E-state index in [-0.39, 0.29) is 18.1 Å². The Morgan fingerprint density at radius 2 is 2.20 bits per heavy atom. The molecule has 1 aromatic heterocycles. The van der Waals surface area contributed by atoms with E-state index in [0.29, 0.717) is 53.3 Å². The summed E-state index contributed by atoms with van der Waals surface area (Å²) >= 11 is 0. The van der Waals surface area contributed by atoms with Crippen LogP contribution in [0.5, 0.6) is 5.75 Å². The largest absolute Gasteiger partial charge is 0.486 e. The number of carbonyl (C=O) groups is 1. The number of nitrogens with two attached hydrogens (primary N) is 1. The number of amides is 1. The lowest BCUT2D eigenvalue weighted by atomic mass is 10.0. The third kappa shape index (κ3) is 5.94. The van der Waals surface area contributed by atoms with Crippen molar-refractivity contribution in [2.24, 2.45) is 5.84 Å². The van der Waals surface area contributed by atoms with E-state index in [1.54, 1.807) is 24.4 Å². The molecule has 9 nitrogen and oxygen atoms in total. The summed E-state index contributed by atoms with van der Waals surface area (Å²) < 4.78 is 11.6. The molecule has 180 valence electrons. The minimum atomic E-state index is -0.330. The van der Waals surface area contributed by atoms with Crippen LogP contribution in [0.2, 0.25) is 0 Å². The van der Waals surface area contributed by atoms with Gasteiger partial charge in [-0.15, -0.1) is 0 Å². The van der Waals surface area contributed by atoms with E-state index in [4.69, 9.17) is 15.3 Å². The first-order valence-corrected chi connectivity index (χ1v) is 11.4. The number of aromatic nitrogens is 1. The molecule has 5 N–H and O–H groups in total. The maximum Gasteiger partial charge on any atom is 0.248 e. The molecule has 1 amide bonds. The van der Waals surface area contributed by atoms with Crippen LogP contribution >= 0.6 is 0 Å². The van der Waals surface area contributed by atoms with Crippen LogP contribution in [-0.4, -0.2) is 36.8 Å². The van der Waals surface area contributed by atoms with E-state index in [1.807, 2.05) is 37.3 Å². The van der Waals surface area contributed by atoms with Crippen LogP contribution in [0.1, 0.15) is 30.5 Å². The molecule has 2 heterocycles. The van der Waals surface area contributed by atoms with Gasteiger partial charge < -0.3 is 20.1 Å². The molecule has 0 bridgehead atoms. The van der Waals surface area contributed by atoms with Gasteiger partial charge in [-0.1, -0.05) is 36.4 Å². The molecule has 1 fully saturated rings. The minimum absolute atomic E-state index is 0.0646. The van der Waals surface area contributed by atoms with Crippen molar-refractivity contribution in [1.29, 1.82) is 5.26 Å². The highest BCUT2D eigenvalue weighted by Crippen LogP contribution is 2.37. The van der Waals surface area contributed by atoms with Gasteiger partial charge in [0, 0.05) is 42.7 Å². The Hall–Kier alpha value is -3.97.